The van der Waals surface area contributed by atoms with Gasteiger partial charge in [-0.3, -0.25) is 13.7 Å². The highest BCUT2D eigenvalue weighted by Gasteiger charge is 2.52. The third kappa shape index (κ3) is 5.75. The van der Waals surface area contributed by atoms with Crippen molar-refractivity contribution in [2.45, 2.75) is 61.2 Å². The standard InChI is InChI=1S/C17H26N3O15P/c18-9-1-2-20(16(29)19-9)14-12(26)11(25)8(33-14)5-32-36(30,31)35-17(15(27)28)3-6(22)10(24)13(34-17)7(23)4-21/h1-2,6-8,10-14,21-26H,3-5H2,(H,27,28)(H,30,31)(H2,18,19,29)/p-2. The van der Waals surface area contributed by atoms with Gasteiger partial charge in [-0.2, -0.15) is 4.98 Å². The first-order valence-electron chi connectivity index (χ1n) is 10.3. The molecular formula is C17H24N3O15P-2. The Balaban J connectivity index is 1.73. The lowest BCUT2D eigenvalue weighted by atomic mass is 9.93. The first-order chi connectivity index (χ1) is 16.7. The van der Waals surface area contributed by atoms with E-state index in [1.807, 2.05) is 0 Å². The number of ether oxygens (including phenoxy) is 2. The predicted molar refractivity (Wildman–Crippen MR) is 106 cm³/mol. The lowest BCUT2D eigenvalue weighted by Gasteiger charge is -2.48. The normalized spacial score (nSPS) is 37.4. The summed E-state index contributed by atoms with van der Waals surface area (Å²) in [5, 5.41) is 70.8. The van der Waals surface area contributed by atoms with E-state index in [-0.39, 0.29) is 5.82 Å². The molecule has 0 aliphatic carbocycles. The van der Waals surface area contributed by atoms with Crippen molar-refractivity contribution in [1.82, 2.24) is 9.55 Å². The molecule has 0 aromatic carbocycles. The number of aliphatic hydroxyl groups is 6. The van der Waals surface area contributed by atoms with E-state index in [0.29, 0.717) is 0 Å². The first-order valence-corrected chi connectivity index (χ1v) is 11.7. The lowest BCUT2D eigenvalue weighted by molar-refractivity contribution is -0.382. The number of carboxylic acid groups (broad SMARTS) is 1. The molecule has 19 heteroatoms. The van der Waals surface area contributed by atoms with Crippen LogP contribution in [0.3, 0.4) is 0 Å². The number of aromatic nitrogens is 2. The minimum Gasteiger partial charge on any atom is -0.756 e. The molecule has 3 rings (SSSR count). The highest BCUT2D eigenvalue weighted by Crippen LogP contribution is 2.48. The van der Waals surface area contributed by atoms with Crippen LogP contribution >= 0.6 is 7.82 Å². The van der Waals surface area contributed by atoms with Crippen LogP contribution in [0, 0.1) is 0 Å². The Morgan fingerprint density at radius 2 is 2.00 bits per heavy atom. The summed E-state index contributed by atoms with van der Waals surface area (Å²) in [4.78, 5) is 39.5. The van der Waals surface area contributed by atoms with Crippen molar-refractivity contribution in [3.8, 4) is 0 Å². The summed E-state index contributed by atoms with van der Waals surface area (Å²) in [7, 11) is -5.70. The fourth-order valence-corrected chi connectivity index (χ4v) is 4.61. The second-order valence-corrected chi connectivity index (χ2v) is 9.39. The van der Waals surface area contributed by atoms with E-state index in [2.05, 4.69) is 14.0 Å². The van der Waals surface area contributed by atoms with Crippen LogP contribution in [0.1, 0.15) is 12.6 Å². The number of hydrogen-bond donors (Lipinski definition) is 7. The van der Waals surface area contributed by atoms with E-state index >= 15 is 0 Å². The van der Waals surface area contributed by atoms with Crippen LogP contribution in [0.4, 0.5) is 5.82 Å². The van der Waals surface area contributed by atoms with Crippen molar-refractivity contribution >= 4 is 19.6 Å². The molecule has 10 atom stereocenters. The zero-order valence-electron chi connectivity index (χ0n) is 18.2. The van der Waals surface area contributed by atoms with Crippen molar-refractivity contribution in [2.75, 3.05) is 18.9 Å². The molecule has 2 aliphatic heterocycles. The number of nitrogens with two attached hydrogens (primary N) is 1. The molecule has 0 radical (unpaired) electrons. The van der Waals surface area contributed by atoms with Crippen molar-refractivity contribution in [3.63, 3.8) is 0 Å². The highest BCUT2D eigenvalue weighted by atomic mass is 31.2. The fraction of sp³-hybridized carbons (Fsp3) is 0.706. The number of rotatable bonds is 9. The molecule has 0 amide bonds. The minimum atomic E-state index is -5.70. The molecule has 2 saturated heterocycles. The number of phosphoric ester groups is 1. The van der Waals surface area contributed by atoms with Gasteiger partial charge in [-0.15, -0.1) is 0 Å². The quantitative estimate of drug-likeness (QED) is 0.143. The predicted octanol–water partition coefficient (Wildman–Crippen LogP) is -6.74. The molecule has 18 nitrogen and oxygen atoms in total. The van der Waals surface area contributed by atoms with E-state index in [1.54, 1.807) is 0 Å². The Bertz CT molecular complexity index is 1060. The van der Waals surface area contributed by atoms with E-state index in [0.717, 1.165) is 10.8 Å². The summed E-state index contributed by atoms with van der Waals surface area (Å²) in [6.45, 7) is -2.11. The molecule has 1 aromatic rings. The summed E-state index contributed by atoms with van der Waals surface area (Å²) < 4.78 is 32.4. The molecule has 3 heterocycles. The van der Waals surface area contributed by atoms with Gasteiger partial charge in [-0.05, 0) is 6.07 Å². The van der Waals surface area contributed by atoms with Crippen molar-refractivity contribution < 1.29 is 68.5 Å². The lowest BCUT2D eigenvalue weighted by Crippen LogP contribution is -2.65. The Morgan fingerprint density at radius 1 is 1.33 bits per heavy atom. The Hall–Kier alpha value is -2.06. The number of aliphatic carboxylic acids is 1. The molecule has 0 saturated carbocycles. The smallest absolute Gasteiger partial charge is 0.351 e. The molecule has 204 valence electrons. The van der Waals surface area contributed by atoms with Crippen molar-refractivity contribution in [1.29, 1.82) is 0 Å². The van der Waals surface area contributed by atoms with Gasteiger partial charge in [-0.25, -0.2) is 4.79 Å². The maximum absolute atomic E-state index is 12.4. The molecule has 1 aromatic heterocycles. The van der Waals surface area contributed by atoms with Gasteiger partial charge in [0.2, 0.25) is 5.79 Å². The second kappa shape index (κ2) is 10.7. The summed E-state index contributed by atoms with van der Waals surface area (Å²) in [5.74, 6) is -5.74. The third-order valence-electron chi connectivity index (χ3n) is 5.53. The third-order valence-corrected chi connectivity index (χ3v) is 6.52. The van der Waals surface area contributed by atoms with Crippen LogP contribution in [-0.2, 0) is 27.9 Å². The van der Waals surface area contributed by atoms with Crippen LogP contribution in [0.5, 0.6) is 0 Å². The topological polar surface area (TPSA) is 299 Å². The van der Waals surface area contributed by atoms with E-state index in [9.17, 15) is 49.7 Å². The number of hydrogen-bond acceptors (Lipinski definition) is 17. The number of carbonyl (C=O) groups is 1. The molecular weight excluding hydrogens is 517 g/mol. The molecule has 8 N–H and O–H groups in total. The summed E-state index contributed by atoms with van der Waals surface area (Å²) in [6.07, 6.45) is -14.6. The van der Waals surface area contributed by atoms with E-state index in [4.69, 9.17) is 20.3 Å². The Labute approximate surface area is 201 Å². The average Bonchev–Trinajstić information content (AvgIpc) is 3.07. The second-order valence-electron chi connectivity index (χ2n) is 8.06. The fourth-order valence-electron chi connectivity index (χ4n) is 3.68. The molecule has 0 spiro atoms. The van der Waals surface area contributed by atoms with Crippen LogP contribution in [0.2, 0.25) is 0 Å². The SMILES string of the molecule is Nc1ccn(C2OC(COP(=O)([O-])OC3(C(=O)[O-])CC(O)C(O)C(C(O)CO)O3)C(O)C2O)c(=O)n1. The highest BCUT2D eigenvalue weighted by molar-refractivity contribution is 7.45. The van der Waals surface area contributed by atoms with Gasteiger partial charge in [0.25, 0.3) is 7.82 Å². The number of carbonyl (C=O) groups excluding carboxylic acids is 1. The summed E-state index contributed by atoms with van der Waals surface area (Å²) in [5.41, 5.74) is 4.43. The largest absolute Gasteiger partial charge is 0.756 e. The van der Waals surface area contributed by atoms with E-state index in [1.165, 1.54) is 6.07 Å². The number of aliphatic hydroxyl groups excluding tert-OH is 6. The molecule has 2 fully saturated rings. The van der Waals surface area contributed by atoms with E-state index < -0.39 is 93.9 Å². The van der Waals surface area contributed by atoms with Gasteiger partial charge >= 0.3 is 5.69 Å². The molecule has 36 heavy (non-hydrogen) atoms. The van der Waals surface area contributed by atoms with Gasteiger partial charge in [0.05, 0.1) is 19.3 Å². The number of carboxylic acids is 1. The number of nitrogens with zero attached hydrogens (tertiary/aromatic N) is 2. The number of anilines is 1. The maximum Gasteiger partial charge on any atom is 0.351 e. The molecule has 10 unspecified atom stereocenters. The maximum atomic E-state index is 12.4. The number of phosphoric acid groups is 1. The van der Waals surface area contributed by atoms with Crippen LogP contribution < -0.4 is 21.4 Å². The van der Waals surface area contributed by atoms with Crippen molar-refractivity contribution in [2.24, 2.45) is 0 Å². The first kappa shape index (κ1) is 28.5. The Morgan fingerprint density at radius 3 is 2.58 bits per heavy atom. The molecule has 0 bridgehead atoms. The monoisotopic (exact) mass is 541 g/mol. The Kier molecular flexibility index (Phi) is 8.50. The number of nitrogen functional groups attached to an aromatic ring is 1. The molecule has 2 aliphatic rings. The van der Waals surface area contributed by atoms with Gasteiger partial charge in [0, 0.05) is 12.6 Å². The zero-order chi connectivity index (χ0) is 27.0. The van der Waals surface area contributed by atoms with Crippen molar-refractivity contribution in [3.05, 3.63) is 22.7 Å². The van der Waals surface area contributed by atoms with Gasteiger partial charge < -0.3 is 65.2 Å². The van der Waals surface area contributed by atoms with Gasteiger partial charge in [-0.1, -0.05) is 0 Å². The van der Waals surface area contributed by atoms with Gasteiger partial charge in [0.1, 0.15) is 48.4 Å². The minimum absolute atomic E-state index is 0.133. The zero-order valence-corrected chi connectivity index (χ0v) is 19.1. The summed E-state index contributed by atoms with van der Waals surface area (Å²) >= 11 is 0. The van der Waals surface area contributed by atoms with Crippen LogP contribution in [-0.4, -0.2) is 108 Å². The summed E-state index contributed by atoms with van der Waals surface area (Å²) in [6, 6.07) is 1.20. The van der Waals surface area contributed by atoms with Gasteiger partial charge in [0.15, 0.2) is 6.23 Å². The van der Waals surface area contributed by atoms with Crippen LogP contribution in [0.15, 0.2) is 17.1 Å². The van der Waals surface area contributed by atoms with Crippen LogP contribution in [0.25, 0.3) is 0 Å². The average molecular weight is 541 g/mol.